The van der Waals surface area contributed by atoms with Gasteiger partial charge in [-0.3, -0.25) is 4.79 Å². The van der Waals surface area contributed by atoms with E-state index >= 15 is 0 Å². The lowest BCUT2D eigenvalue weighted by Gasteiger charge is -2.30. The number of benzene rings is 1. The Kier molecular flexibility index (Phi) is 6.65. The molecule has 1 aliphatic carbocycles. The highest BCUT2D eigenvalue weighted by Gasteiger charge is 2.31. The molecule has 21 heavy (non-hydrogen) atoms. The van der Waals surface area contributed by atoms with Crippen molar-refractivity contribution in [2.45, 2.75) is 44.2 Å². The number of aliphatic hydroxyl groups is 1. The van der Waals surface area contributed by atoms with Crippen LogP contribution in [0.1, 0.15) is 38.2 Å². The van der Waals surface area contributed by atoms with Crippen LogP contribution in [0.2, 0.25) is 0 Å². The zero-order chi connectivity index (χ0) is 14.6. The molecule has 3 unspecified atom stereocenters. The van der Waals surface area contributed by atoms with Gasteiger partial charge < -0.3 is 16.2 Å². The fraction of sp³-hybridized carbons (Fsp3) is 0.562. The molecular weight excluding hydrogens is 288 g/mol. The Morgan fingerprint density at radius 1 is 1.33 bits per heavy atom. The molecule has 118 valence electrons. The Morgan fingerprint density at radius 3 is 2.57 bits per heavy atom. The molecule has 0 saturated heterocycles. The van der Waals surface area contributed by atoms with Crippen LogP contribution in [0.25, 0.3) is 0 Å². The van der Waals surface area contributed by atoms with Gasteiger partial charge in [0.15, 0.2) is 0 Å². The van der Waals surface area contributed by atoms with E-state index in [9.17, 15) is 9.90 Å². The number of hydrogen-bond donors (Lipinski definition) is 3. The molecular formula is C16H25ClN2O2. The first-order valence-electron chi connectivity index (χ1n) is 7.32. The van der Waals surface area contributed by atoms with E-state index in [-0.39, 0.29) is 30.3 Å². The van der Waals surface area contributed by atoms with Crippen molar-refractivity contribution in [1.29, 1.82) is 0 Å². The fourth-order valence-electron chi connectivity index (χ4n) is 2.75. The number of rotatable bonds is 4. The van der Waals surface area contributed by atoms with Crippen LogP contribution in [0.3, 0.4) is 0 Å². The van der Waals surface area contributed by atoms with Crippen LogP contribution in [0.15, 0.2) is 30.3 Å². The molecule has 0 aliphatic heterocycles. The maximum atomic E-state index is 12.3. The molecule has 5 heteroatoms. The highest BCUT2D eigenvalue weighted by molar-refractivity contribution is 5.87. The number of hydrogen-bond acceptors (Lipinski definition) is 3. The maximum absolute atomic E-state index is 12.3. The summed E-state index contributed by atoms with van der Waals surface area (Å²) in [5.74, 6) is -0.0410. The Balaban J connectivity index is 0.00000220. The van der Waals surface area contributed by atoms with Gasteiger partial charge in [0.05, 0.1) is 6.10 Å². The largest absolute Gasteiger partial charge is 0.393 e. The summed E-state index contributed by atoms with van der Waals surface area (Å²) in [6.45, 7) is 2.22. The van der Waals surface area contributed by atoms with Gasteiger partial charge in [-0.25, -0.2) is 0 Å². The van der Waals surface area contributed by atoms with E-state index in [2.05, 4.69) is 5.32 Å². The van der Waals surface area contributed by atoms with Crippen LogP contribution in [0.4, 0.5) is 0 Å². The Morgan fingerprint density at radius 2 is 1.95 bits per heavy atom. The molecule has 0 heterocycles. The van der Waals surface area contributed by atoms with Gasteiger partial charge in [-0.2, -0.15) is 0 Å². The molecule has 0 aromatic heterocycles. The van der Waals surface area contributed by atoms with Crippen molar-refractivity contribution in [3.05, 3.63) is 35.9 Å². The number of nitrogens with one attached hydrogen (secondary N) is 1. The summed E-state index contributed by atoms with van der Waals surface area (Å²) < 4.78 is 0. The molecule has 4 nitrogen and oxygen atoms in total. The second kappa shape index (κ2) is 7.78. The average molecular weight is 313 g/mol. The van der Waals surface area contributed by atoms with Crippen molar-refractivity contribution in [2.75, 3.05) is 6.54 Å². The number of amides is 1. The van der Waals surface area contributed by atoms with E-state index in [0.717, 1.165) is 31.2 Å². The lowest BCUT2D eigenvalue weighted by Crippen LogP contribution is -2.50. The van der Waals surface area contributed by atoms with Crippen LogP contribution in [-0.2, 0) is 10.3 Å². The SMILES string of the molecule is CC(N)(C(=O)NCC1CCCCC1O)c1ccccc1.Cl. The number of carbonyl (C=O) groups excluding carboxylic acids is 1. The third-order valence-electron chi connectivity index (χ3n) is 4.24. The minimum atomic E-state index is -1.04. The first-order valence-corrected chi connectivity index (χ1v) is 7.32. The van der Waals surface area contributed by atoms with E-state index in [1.807, 2.05) is 30.3 Å². The Labute approximate surface area is 132 Å². The van der Waals surface area contributed by atoms with Crippen LogP contribution in [0.5, 0.6) is 0 Å². The molecule has 2 rings (SSSR count). The predicted octanol–water partition coefficient (Wildman–Crippen LogP) is 1.95. The van der Waals surface area contributed by atoms with Gasteiger partial charge in [0.2, 0.25) is 5.91 Å². The highest BCUT2D eigenvalue weighted by atomic mass is 35.5. The third-order valence-corrected chi connectivity index (χ3v) is 4.24. The minimum absolute atomic E-state index is 0. The van der Waals surface area contributed by atoms with Crippen molar-refractivity contribution in [3.8, 4) is 0 Å². The first-order chi connectivity index (χ1) is 9.51. The molecule has 1 amide bonds. The van der Waals surface area contributed by atoms with E-state index in [1.165, 1.54) is 0 Å². The number of carbonyl (C=O) groups is 1. The second-order valence-electron chi connectivity index (χ2n) is 5.89. The molecule has 1 aromatic carbocycles. The minimum Gasteiger partial charge on any atom is -0.393 e. The van der Waals surface area contributed by atoms with E-state index in [0.29, 0.717) is 6.54 Å². The maximum Gasteiger partial charge on any atom is 0.244 e. The van der Waals surface area contributed by atoms with Gasteiger partial charge >= 0.3 is 0 Å². The zero-order valence-corrected chi connectivity index (χ0v) is 13.2. The van der Waals surface area contributed by atoms with Crippen molar-refractivity contribution >= 4 is 18.3 Å². The molecule has 0 spiro atoms. The van der Waals surface area contributed by atoms with E-state index in [4.69, 9.17) is 5.73 Å². The van der Waals surface area contributed by atoms with Gasteiger partial charge in [0.25, 0.3) is 0 Å². The summed E-state index contributed by atoms with van der Waals surface area (Å²) in [5, 5.41) is 12.8. The standard InChI is InChI=1S/C16H24N2O2.ClH/c1-16(17,13-8-3-2-4-9-13)15(20)18-11-12-7-5-6-10-14(12)19;/h2-4,8-9,12,14,19H,5-7,10-11,17H2,1H3,(H,18,20);1H. The third kappa shape index (κ3) is 4.43. The van der Waals surface area contributed by atoms with Gasteiger partial charge in [-0.05, 0) is 25.3 Å². The van der Waals surface area contributed by atoms with E-state index in [1.54, 1.807) is 6.92 Å². The molecule has 0 radical (unpaired) electrons. The molecule has 1 saturated carbocycles. The highest BCUT2D eigenvalue weighted by Crippen LogP contribution is 2.24. The zero-order valence-electron chi connectivity index (χ0n) is 12.4. The predicted molar refractivity (Wildman–Crippen MR) is 86.2 cm³/mol. The summed E-state index contributed by atoms with van der Waals surface area (Å²) in [7, 11) is 0. The number of aliphatic hydroxyl groups excluding tert-OH is 1. The van der Waals surface area contributed by atoms with Gasteiger partial charge in [-0.1, -0.05) is 43.2 Å². The van der Waals surface area contributed by atoms with Crippen LogP contribution >= 0.6 is 12.4 Å². The summed E-state index contributed by atoms with van der Waals surface area (Å²) in [5.41, 5.74) is 5.91. The Bertz CT molecular complexity index is 451. The van der Waals surface area contributed by atoms with Crippen molar-refractivity contribution in [1.82, 2.24) is 5.32 Å². The van der Waals surface area contributed by atoms with Gasteiger partial charge in [0, 0.05) is 12.5 Å². The first kappa shape index (κ1) is 18.0. The average Bonchev–Trinajstić information content (AvgIpc) is 2.47. The summed E-state index contributed by atoms with van der Waals surface area (Å²) in [6.07, 6.45) is 3.69. The topological polar surface area (TPSA) is 75.4 Å². The molecule has 0 bridgehead atoms. The van der Waals surface area contributed by atoms with Crippen molar-refractivity contribution in [3.63, 3.8) is 0 Å². The lowest BCUT2D eigenvalue weighted by atomic mass is 9.86. The van der Waals surface area contributed by atoms with Gasteiger partial charge in [-0.15, -0.1) is 12.4 Å². The Hall–Kier alpha value is -1.10. The summed E-state index contributed by atoms with van der Waals surface area (Å²) >= 11 is 0. The van der Waals surface area contributed by atoms with Crippen molar-refractivity contribution in [2.24, 2.45) is 11.7 Å². The number of nitrogens with two attached hydrogens (primary N) is 1. The molecule has 1 fully saturated rings. The molecule has 3 atom stereocenters. The monoisotopic (exact) mass is 312 g/mol. The molecule has 4 N–H and O–H groups in total. The quantitative estimate of drug-likeness (QED) is 0.795. The summed E-state index contributed by atoms with van der Waals surface area (Å²) in [4.78, 5) is 12.3. The van der Waals surface area contributed by atoms with Crippen LogP contribution < -0.4 is 11.1 Å². The normalized spacial score (nSPS) is 24.5. The van der Waals surface area contributed by atoms with Crippen LogP contribution in [-0.4, -0.2) is 23.7 Å². The number of halogens is 1. The fourth-order valence-corrected chi connectivity index (χ4v) is 2.75. The molecule has 1 aliphatic rings. The van der Waals surface area contributed by atoms with Crippen LogP contribution in [0, 0.1) is 5.92 Å². The lowest BCUT2D eigenvalue weighted by molar-refractivity contribution is -0.126. The molecule has 1 aromatic rings. The van der Waals surface area contributed by atoms with E-state index < -0.39 is 5.54 Å². The van der Waals surface area contributed by atoms with Crippen molar-refractivity contribution < 1.29 is 9.90 Å². The second-order valence-corrected chi connectivity index (χ2v) is 5.89. The summed E-state index contributed by atoms with van der Waals surface area (Å²) in [6, 6.07) is 9.36. The van der Waals surface area contributed by atoms with Gasteiger partial charge in [0.1, 0.15) is 5.54 Å². The smallest absolute Gasteiger partial charge is 0.244 e.